The molecule has 3 rings (SSSR count). The molecule has 4 nitrogen and oxygen atoms in total. The molecule has 136 valence electrons. The van der Waals surface area contributed by atoms with Gasteiger partial charge in [-0.25, -0.2) is 0 Å². The third-order valence-electron chi connectivity index (χ3n) is 3.35. The van der Waals surface area contributed by atoms with Crippen molar-refractivity contribution in [2.24, 2.45) is 10.3 Å². The Balaban J connectivity index is 1.72. The van der Waals surface area contributed by atoms with Crippen molar-refractivity contribution >= 4 is 11.8 Å². The molecule has 1 aliphatic rings. The van der Waals surface area contributed by atoms with Crippen LogP contribution in [0.1, 0.15) is 22.3 Å². The van der Waals surface area contributed by atoms with Crippen molar-refractivity contribution in [3.63, 3.8) is 0 Å². The second kappa shape index (κ2) is 6.36. The molecule has 0 unspecified atom stereocenters. The van der Waals surface area contributed by atoms with Crippen LogP contribution in [-0.2, 0) is 22.0 Å². The van der Waals surface area contributed by atoms with Gasteiger partial charge in [-0.3, -0.25) is 0 Å². The minimum Gasteiger partial charge on any atom is -0.329 e. The van der Waals surface area contributed by atoms with E-state index in [1.807, 2.05) is 0 Å². The summed E-state index contributed by atoms with van der Waals surface area (Å²) in [7, 11) is 0. The normalized spacial score (nSPS) is 14.8. The van der Waals surface area contributed by atoms with E-state index in [0.717, 1.165) is 48.5 Å². The predicted molar refractivity (Wildman–Crippen MR) is 78.1 cm³/mol. The first kappa shape index (κ1) is 17.8. The molecule has 2 aromatic rings. The minimum atomic E-state index is -4.47. The Morgan fingerprint density at radius 3 is 1.08 bits per heavy atom. The molecule has 26 heavy (non-hydrogen) atoms. The molecule has 0 aliphatic carbocycles. The third-order valence-corrected chi connectivity index (χ3v) is 3.35. The number of halogens is 6. The molecule has 0 atom stereocenters. The van der Waals surface area contributed by atoms with E-state index in [1.165, 1.54) is 0 Å². The number of hydrogen-bond donors (Lipinski definition) is 0. The summed E-state index contributed by atoms with van der Waals surface area (Å²) < 4.78 is 75.1. The van der Waals surface area contributed by atoms with E-state index >= 15 is 0 Å². The predicted octanol–water partition coefficient (Wildman–Crippen LogP) is 4.79. The SMILES string of the molecule is FC(F)(F)c1ccc(C2=NOC(c3ccc(C(F)(F)F)cc3)=NO2)cc1. The summed E-state index contributed by atoms with van der Waals surface area (Å²) in [6.45, 7) is 0. The van der Waals surface area contributed by atoms with Gasteiger partial charge in [0.25, 0.3) is 11.8 Å². The maximum Gasteiger partial charge on any atom is 0.416 e. The van der Waals surface area contributed by atoms with Gasteiger partial charge in [-0.1, -0.05) is 0 Å². The molecule has 0 N–H and O–H groups in total. The fourth-order valence-electron chi connectivity index (χ4n) is 2.02. The van der Waals surface area contributed by atoms with Gasteiger partial charge in [-0.15, -0.1) is 0 Å². The van der Waals surface area contributed by atoms with E-state index in [-0.39, 0.29) is 22.9 Å². The number of rotatable bonds is 2. The van der Waals surface area contributed by atoms with Crippen LogP contribution in [0, 0.1) is 0 Å². The summed E-state index contributed by atoms with van der Waals surface area (Å²) in [5.41, 5.74) is -1.30. The van der Waals surface area contributed by atoms with Crippen molar-refractivity contribution in [1.82, 2.24) is 0 Å². The fraction of sp³-hybridized carbons (Fsp3) is 0.125. The monoisotopic (exact) mass is 374 g/mol. The van der Waals surface area contributed by atoms with E-state index in [0.29, 0.717) is 0 Å². The Kier molecular flexibility index (Phi) is 4.34. The highest BCUT2D eigenvalue weighted by Gasteiger charge is 2.31. The van der Waals surface area contributed by atoms with Gasteiger partial charge >= 0.3 is 12.4 Å². The van der Waals surface area contributed by atoms with Gasteiger partial charge < -0.3 is 9.68 Å². The Bertz CT molecular complexity index is 779. The highest BCUT2D eigenvalue weighted by molar-refractivity contribution is 5.99. The quantitative estimate of drug-likeness (QED) is 0.709. The first-order valence-electron chi connectivity index (χ1n) is 7.00. The zero-order chi connectivity index (χ0) is 18.9. The molecule has 10 heteroatoms. The standard InChI is InChI=1S/C16H8F6N2O2/c17-15(18,19)11-5-1-9(2-6-11)13-23-26-14(24-25-13)10-3-7-12(8-4-10)16(20,21)22/h1-8H. The van der Waals surface area contributed by atoms with E-state index in [9.17, 15) is 26.3 Å². The fourth-order valence-corrected chi connectivity index (χ4v) is 2.02. The highest BCUT2D eigenvalue weighted by atomic mass is 19.4. The second-order valence-corrected chi connectivity index (χ2v) is 5.13. The molecule has 0 aromatic heterocycles. The van der Waals surface area contributed by atoms with Gasteiger partial charge in [0.15, 0.2) is 0 Å². The molecule has 0 amide bonds. The van der Waals surface area contributed by atoms with Crippen molar-refractivity contribution in [3.05, 3.63) is 70.8 Å². The number of oxime groups is 2. The summed E-state index contributed by atoms with van der Waals surface area (Å²) in [5.74, 6) is -0.372. The number of benzene rings is 2. The molecule has 0 bridgehead atoms. The highest BCUT2D eigenvalue weighted by Crippen LogP contribution is 2.30. The van der Waals surface area contributed by atoms with E-state index in [2.05, 4.69) is 10.3 Å². The summed E-state index contributed by atoms with van der Waals surface area (Å²) in [6, 6.07) is 7.89. The smallest absolute Gasteiger partial charge is 0.329 e. The van der Waals surface area contributed by atoms with Crippen LogP contribution in [-0.4, -0.2) is 11.8 Å². The largest absolute Gasteiger partial charge is 0.416 e. The molecule has 0 fully saturated rings. The van der Waals surface area contributed by atoms with Gasteiger partial charge in [0.2, 0.25) is 0 Å². The van der Waals surface area contributed by atoms with Gasteiger partial charge in [-0.05, 0) is 58.8 Å². The minimum absolute atomic E-state index is 0.186. The second-order valence-electron chi connectivity index (χ2n) is 5.13. The molecule has 0 radical (unpaired) electrons. The van der Waals surface area contributed by atoms with Crippen LogP contribution in [0.4, 0.5) is 26.3 Å². The molecular weight excluding hydrogens is 366 g/mol. The van der Waals surface area contributed by atoms with Crippen LogP contribution in [0.25, 0.3) is 0 Å². The molecule has 1 aliphatic heterocycles. The molecule has 0 spiro atoms. The lowest BCUT2D eigenvalue weighted by atomic mass is 10.1. The lowest BCUT2D eigenvalue weighted by Gasteiger charge is -2.13. The van der Waals surface area contributed by atoms with E-state index < -0.39 is 23.5 Å². The van der Waals surface area contributed by atoms with Crippen LogP contribution < -0.4 is 0 Å². The van der Waals surface area contributed by atoms with Crippen LogP contribution in [0.15, 0.2) is 58.8 Å². The van der Waals surface area contributed by atoms with Crippen molar-refractivity contribution in [1.29, 1.82) is 0 Å². The van der Waals surface area contributed by atoms with Gasteiger partial charge in [0.05, 0.1) is 11.1 Å². The van der Waals surface area contributed by atoms with Crippen LogP contribution >= 0.6 is 0 Å². The lowest BCUT2D eigenvalue weighted by molar-refractivity contribution is -0.138. The first-order valence-corrected chi connectivity index (χ1v) is 7.00. The Morgan fingerprint density at radius 1 is 0.538 bits per heavy atom. The van der Waals surface area contributed by atoms with Crippen molar-refractivity contribution < 1.29 is 36.0 Å². The first-order chi connectivity index (χ1) is 12.1. The number of alkyl halides is 6. The molecule has 0 saturated heterocycles. The molecule has 1 heterocycles. The summed E-state index contributed by atoms with van der Waals surface area (Å²) in [4.78, 5) is 9.93. The molecular formula is C16H8F6N2O2. The maximum absolute atomic E-state index is 12.5. The third kappa shape index (κ3) is 3.79. The summed E-state index contributed by atoms with van der Waals surface area (Å²) >= 11 is 0. The summed E-state index contributed by atoms with van der Waals surface area (Å²) in [6.07, 6.45) is -8.95. The summed E-state index contributed by atoms with van der Waals surface area (Å²) in [5, 5.41) is 7.16. The molecule has 2 aromatic carbocycles. The lowest BCUT2D eigenvalue weighted by Crippen LogP contribution is -2.16. The molecule has 0 saturated carbocycles. The topological polar surface area (TPSA) is 43.2 Å². The number of nitrogens with zero attached hydrogens (tertiary/aromatic N) is 2. The van der Waals surface area contributed by atoms with Crippen molar-refractivity contribution in [3.8, 4) is 0 Å². The van der Waals surface area contributed by atoms with Crippen LogP contribution in [0.3, 0.4) is 0 Å². The van der Waals surface area contributed by atoms with E-state index in [1.54, 1.807) is 0 Å². The van der Waals surface area contributed by atoms with E-state index in [4.69, 9.17) is 9.68 Å². The van der Waals surface area contributed by atoms with Gasteiger partial charge in [0.1, 0.15) is 0 Å². The van der Waals surface area contributed by atoms with Crippen LogP contribution in [0.2, 0.25) is 0 Å². The van der Waals surface area contributed by atoms with Crippen molar-refractivity contribution in [2.45, 2.75) is 12.4 Å². The van der Waals surface area contributed by atoms with Gasteiger partial charge in [0, 0.05) is 11.1 Å². The zero-order valence-electron chi connectivity index (χ0n) is 12.6. The average molecular weight is 374 g/mol. The zero-order valence-corrected chi connectivity index (χ0v) is 12.6. The average Bonchev–Trinajstić information content (AvgIpc) is 2.61. The van der Waals surface area contributed by atoms with Crippen molar-refractivity contribution in [2.75, 3.05) is 0 Å². The van der Waals surface area contributed by atoms with Gasteiger partial charge in [-0.2, -0.15) is 26.3 Å². The number of hydrogen-bond acceptors (Lipinski definition) is 4. The maximum atomic E-state index is 12.5. The Hall–Kier alpha value is -3.04. The Morgan fingerprint density at radius 2 is 0.846 bits per heavy atom. The Labute approximate surface area is 142 Å². The van der Waals surface area contributed by atoms with Crippen LogP contribution in [0.5, 0.6) is 0 Å².